The highest BCUT2D eigenvalue weighted by atomic mass is 16.3. The Kier molecular flexibility index (Phi) is 2.73. The van der Waals surface area contributed by atoms with E-state index in [1.54, 1.807) is 0 Å². The van der Waals surface area contributed by atoms with Gasteiger partial charge in [0.2, 0.25) is 0 Å². The van der Waals surface area contributed by atoms with E-state index in [0.29, 0.717) is 0 Å². The van der Waals surface area contributed by atoms with Crippen molar-refractivity contribution in [3.63, 3.8) is 0 Å². The molecule has 1 aliphatic carbocycles. The van der Waals surface area contributed by atoms with Crippen molar-refractivity contribution in [1.82, 2.24) is 0 Å². The number of rotatable bonds is 3. The van der Waals surface area contributed by atoms with Gasteiger partial charge in [0.15, 0.2) is 0 Å². The minimum atomic E-state index is -0.305. The van der Waals surface area contributed by atoms with Gasteiger partial charge in [-0.05, 0) is 30.0 Å². The molecule has 0 radical (unpaired) electrons. The molecule has 0 heterocycles. The maximum Gasteiger partial charge on any atom is 0.0792 e. The summed E-state index contributed by atoms with van der Waals surface area (Å²) in [5.41, 5.74) is 7.33. The van der Waals surface area contributed by atoms with E-state index in [4.69, 9.17) is 5.73 Å². The topological polar surface area (TPSA) is 46.2 Å². The first-order valence-corrected chi connectivity index (χ1v) is 5.29. The highest BCUT2D eigenvalue weighted by molar-refractivity contribution is 5.39. The number of aliphatic hydroxyl groups excluding tert-OH is 1. The fourth-order valence-corrected chi connectivity index (χ4v) is 1.90. The normalized spacial score (nSPS) is 18.9. The van der Waals surface area contributed by atoms with Crippen LogP contribution in [0.4, 0.5) is 5.69 Å². The van der Waals surface area contributed by atoms with Gasteiger partial charge in [-0.25, -0.2) is 0 Å². The molecule has 0 saturated heterocycles. The molecule has 14 heavy (non-hydrogen) atoms. The third kappa shape index (κ3) is 2.07. The van der Waals surface area contributed by atoms with E-state index >= 15 is 0 Å². The fourth-order valence-electron chi connectivity index (χ4n) is 1.90. The first kappa shape index (κ1) is 9.53. The van der Waals surface area contributed by atoms with Gasteiger partial charge in [-0.1, -0.05) is 31.4 Å². The van der Waals surface area contributed by atoms with Crippen molar-refractivity contribution < 1.29 is 5.11 Å². The van der Waals surface area contributed by atoms with Gasteiger partial charge in [0.25, 0.3) is 0 Å². The van der Waals surface area contributed by atoms with Crippen LogP contribution in [0.3, 0.4) is 0 Å². The predicted molar refractivity (Wildman–Crippen MR) is 57.8 cm³/mol. The smallest absolute Gasteiger partial charge is 0.0792 e. The summed E-state index contributed by atoms with van der Waals surface area (Å²) >= 11 is 0. The fraction of sp³-hybridized carbons (Fsp3) is 0.500. The molecule has 76 valence electrons. The minimum Gasteiger partial charge on any atom is -0.399 e. The lowest BCUT2D eigenvalue weighted by molar-refractivity contribution is 0.118. The maximum absolute atomic E-state index is 9.91. The Hall–Kier alpha value is -1.02. The van der Waals surface area contributed by atoms with Crippen LogP contribution in [0.2, 0.25) is 0 Å². The molecule has 1 aromatic rings. The molecule has 0 spiro atoms. The van der Waals surface area contributed by atoms with E-state index in [0.717, 1.165) is 23.6 Å². The van der Waals surface area contributed by atoms with Crippen molar-refractivity contribution in [2.24, 2.45) is 5.92 Å². The SMILES string of the molecule is Nc1ccc(C(O)CC2CCC2)cc1. The highest BCUT2D eigenvalue weighted by Gasteiger charge is 2.21. The van der Waals surface area contributed by atoms with Gasteiger partial charge in [0.1, 0.15) is 0 Å². The average Bonchev–Trinajstić information content (AvgIpc) is 2.12. The molecule has 3 N–H and O–H groups in total. The number of nitrogens with two attached hydrogens (primary N) is 1. The Balaban J connectivity index is 1.95. The summed E-state index contributed by atoms with van der Waals surface area (Å²) in [6, 6.07) is 7.52. The molecule has 0 bridgehead atoms. The lowest BCUT2D eigenvalue weighted by Crippen LogP contribution is -2.14. The number of hydrogen-bond donors (Lipinski definition) is 2. The van der Waals surface area contributed by atoms with Gasteiger partial charge in [0.05, 0.1) is 6.10 Å². The van der Waals surface area contributed by atoms with Crippen LogP contribution in [0.1, 0.15) is 37.4 Å². The summed E-state index contributed by atoms with van der Waals surface area (Å²) in [5, 5.41) is 9.91. The third-order valence-corrected chi connectivity index (χ3v) is 3.10. The second kappa shape index (κ2) is 4.01. The van der Waals surface area contributed by atoms with E-state index in [1.165, 1.54) is 19.3 Å². The van der Waals surface area contributed by atoms with E-state index in [-0.39, 0.29) is 6.10 Å². The second-order valence-electron chi connectivity index (χ2n) is 4.22. The van der Waals surface area contributed by atoms with Crippen LogP contribution in [0, 0.1) is 5.92 Å². The molecular formula is C12H17NO. The zero-order valence-corrected chi connectivity index (χ0v) is 8.32. The van der Waals surface area contributed by atoms with Crippen molar-refractivity contribution in [2.45, 2.75) is 31.8 Å². The van der Waals surface area contributed by atoms with Gasteiger partial charge in [0, 0.05) is 5.69 Å². The molecule has 1 aromatic carbocycles. The predicted octanol–water partition coefficient (Wildman–Crippen LogP) is 2.49. The first-order valence-electron chi connectivity index (χ1n) is 5.29. The standard InChI is InChI=1S/C12H17NO/c13-11-6-4-10(5-7-11)12(14)8-9-2-1-3-9/h4-7,9,12,14H,1-3,8,13H2. The molecule has 2 rings (SSSR count). The van der Waals surface area contributed by atoms with Crippen LogP contribution < -0.4 is 5.73 Å². The highest BCUT2D eigenvalue weighted by Crippen LogP contribution is 2.34. The van der Waals surface area contributed by atoms with Crippen molar-refractivity contribution in [2.75, 3.05) is 5.73 Å². The van der Waals surface area contributed by atoms with E-state index < -0.39 is 0 Å². The van der Waals surface area contributed by atoms with Crippen LogP contribution in [0.5, 0.6) is 0 Å². The molecule has 1 saturated carbocycles. The van der Waals surface area contributed by atoms with E-state index in [1.807, 2.05) is 24.3 Å². The number of nitrogen functional groups attached to an aromatic ring is 1. The van der Waals surface area contributed by atoms with E-state index in [2.05, 4.69) is 0 Å². The summed E-state index contributed by atoms with van der Waals surface area (Å²) in [6.07, 6.45) is 4.50. The van der Waals surface area contributed by atoms with Gasteiger partial charge in [-0.3, -0.25) is 0 Å². The Morgan fingerprint density at radius 3 is 2.43 bits per heavy atom. The Morgan fingerprint density at radius 2 is 1.93 bits per heavy atom. The number of aliphatic hydroxyl groups is 1. The summed E-state index contributed by atoms with van der Waals surface area (Å²) in [6.45, 7) is 0. The largest absolute Gasteiger partial charge is 0.399 e. The van der Waals surface area contributed by atoms with Crippen molar-refractivity contribution in [3.05, 3.63) is 29.8 Å². The summed E-state index contributed by atoms with van der Waals surface area (Å²) in [4.78, 5) is 0. The van der Waals surface area contributed by atoms with Gasteiger partial charge in [-0.15, -0.1) is 0 Å². The zero-order valence-electron chi connectivity index (χ0n) is 8.32. The van der Waals surface area contributed by atoms with Crippen molar-refractivity contribution in [1.29, 1.82) is 0 Å². The van der Waals surface area contributed by atoms with Crippen molar-refractivity contribution in [3.8, 4) is 0 Å². The molecule has 1 atom stereocenters. The molecular weight excluding hydrogens is 174 g/mol. The Labute approximate surface area is 84.7 Å². The van der Waals surface area contributed by atoms with Crippen LogP contribution in [-0.2, 0) is 0 Å². The first-order chi connectivity index (χ1) is 6.75. The molecule has 1 aliphatic rings. The van der Waals surface area contributed by atoms with Crippen LogP contribution in [0.15, 0.2) is 24.3 Å². The average molecular weight is 191 g/mol. The van der Waals surface area contributed by atoms with Crippen molar-refractivity contribution >= 4 is 5.69 Å². The van der Waals surface area contributed by atoms with Gasteiger partial charge < -0.3 is 10.8 Å². The summed E-state index contributed by atoms with van der Waals surface area (Å²) < 4.78 is 0. The number of anilines is 1. The number of hydrogen-bond acceptors (Lipinski definition) is 2. The molecule has 2 nitrogen and oxygen atoms in total. The Bertz CT molecular complexity index is 290. The molecule has 1 unspecified atom stereocenters. The summed E-state index contributed by atoms with van der Waals surface area (Å²) in [5.74, 6) is 0.738. The van der Waals surface area contributed by atoms with Crippen LogP contribution in [-0.4, -0.2) is 5.11 Å². The van der Waals surface area contributed by atoms with E-state index in [9.17, 15) is 5.11 Å². The Morgan fingerprint density at radius 1 is 1.29 bits per heavy atom. The van der Waals surface area contributed by atoms with Crippen LogP contribution in [0.25, 0.3) is 0 Å². The third-order valence-electron chi connectivity index (χ3n) is 3.10. The molecule has 0 aliphatic heterocycles. The van der Waals surface area contributed by atoms with Gasteiger partial charge >= 0.3 is 0 Å². The maximum atomic E-state index is 9.91. The molecule has 1 fully saturated rings. The molecule has 0 aromatic heterocycles. The monoisotopic (exact) mass is 191 g/mol. The zero-order chi connectivity index (χ0) is 9.97. The van der Waals surface area contributed by atoms with Crippen LogP contribution >= 0.6 is 0 Å². The minimum absolute atomic E-state index is 0.305. The molecule has 2 heteroatoms. The number of benzene rings is 1. The lowest BCUT2D eigenvalue weighted by Gasteiger charge is -2.27. The second-order valence-corrected chi connectivity index (χ2v) is 4.22. The lowest BCUT2D eigenvalue weighted by atomic mass is 9.80. The summed E-state index contributed by atoms with van der Waals surface area (Å²) in [7, 11) is 0. The quantitative estimate of drug-likeness (QED) is 0.721. The van der Waals surface area contributed by atoms with Gasteiger partial charge in [-0.2, -0.15) is 0 Å². The molecule has 0 amide bonds.